The number of rotatable bonds is 3. The smallest absolute Gasteiger partial charge is 0.00196 e. The first-order valence-corrected chi connectivity index (χ1v) is 4.08. The zero-order chi connectivity index (χ0) is 7.56. The van der Waals surface area contributed by atoms with Gasteiger partial charge in [0.05, 0.1) is 0 Å². The third kappa shape index (κ3) is 2.02. The van der Waals surface area contributed by atoms with E-state index in [4.69, 9.17) is 0 Å². The molecule has 0 aliphatic heterocycles. The van der Waals surface area contributed by atoms with E-state index in [0.29, 0.717) is 0 Å². The Morgan fingerprint density at radius 3 is 2.70 bits per heavy atom. The molecule has 0 amide bonds. The molecule has 0 saturated heterocycles. The number of hydrogen-bond acceptors (Lipinski definition) is 0. The van der Waals surface area contributed by atoms with Gasteiger partial charge in [-0.1, -0.05) is 30.2 Å². The van der Waals surface area contributed by atoms with Gasteiger partial charge in [-0.05, 0) is 32.6 Å². The van der Waals surface area contributed by atoms with Crippen LogP contribution >= 0.6 is 0 Å². The normalized spacial score (nSPS) is 21.9. The molecule has 1 unspecified atom stereocenters. The van der Waals surface area contributed by atoms with Crippen molar-refractivity contribution in [2.24, 2.45) is 5.92 Å². The largest absolute Gasteiger partial charge is 0.0818 e. The third-order valence-corrected chi connectivity index (χ3v) is 1.97. The van der Waals surface area contributed by atoms with Crippen LogP contribution < -0.4 is 0 Å². The lowest BCUT2D eigenvalue weighted by atomic mass is 10.1. The molecule has 0 fully saturated rings. The van der Waals surface area contributed by atoms with Crippen LogP contribution in [0.1, 0.15) is 33.6 Å². The predicted molar refractivity (Wildman–Crippen MR) is 45.9 cm³/mol. The van der Waals surface area contributed by atoms with Crippen molar-refractivity contribution in [2.45, 2.75) is 33.6 Å². The van der Waals surface area contributed by atoms with Gasteiger partial charge in [0.25, 0.3) is 0 Å². The quantitative estimate of drug-likeness (QED) is 0.522. The van der Waals surface area contributed by atoms with Crippen LogP contribution in [0.3, 0.4) is 0 Å². The Morgan fingerprint density at radius 1 is 1.60 bits per heavy atom. The molecule has 0 heterocycles. The lowest BCUT2D eigenvalue weighted by Gasteiger charge is -1.91. The van der Waals surface area contributed by atoms with Crippen LogP contribution in [-0.4, -0.2) is 0 Å². The Balaban J connectivity index is 2.18. The standard InChI is InChI=1S/C10H16/c1-4-9-7-10(9)6-5-8(2)3/h5,7,9H,4,6H2,1-3H3. The van der Waals surface area contributed by atoms with Gasteiger partial charge in [-0.3, -0.25) is 0 Å². The monoisotopic (exact) mass is 136 g/mol. The van der Waals surface area contributed by atoms with E-state index in [1.807, 2.05) is 0 Å². The second-order valence-electron chi connectivity index (χ2n) is 3.24. The maximum absolute atomic E-state index is 2.37. The van der Waals surface area contributed by atoms with Crippen LogP contribution in [0.2, 0.25) is 0 Å². The zero-order valence-electron chi connectivity index (χ0n) is 7.15. The Hall–Kier alpha value is -0.520. The summed E-state index contributed by atoms with van der Waals surface area (Å²) in [5.41, 5.74) is 3.08. The molecule has 0 bridgehead atoms. The molecule has 56 valence electrons. The van der Waals surface area contributed by atoms with E-state index >= 15 is 0 Å². The molecule has 1 aliphatic carbocycles. The Bertz CT molecular complexity index is 168. The van der Waals surface area contributed by atoms with Gasteiger partial charge < -0.3 is 0 Å². The molecule has 0 heteroatoms. The van der Waals surface area contributed by atoms with Crippen molar-refractivity contribution in [3.05, 3.63) is 23.3 Å². The molecule has 1 atom stereocenters. The minimum Gasteiger partial charge on any atom is -0.0818 e. The highest BCUT2D eigenvalue weighted by atomic mass is 14.2. The molecular formula is C10H16. The maximum Gasteiger partial charge on any atom is -0.00196 e. The molecule has 1 rings (SSSR count). The van der Waals surface area contributed by atoms with E-state index in [0.717, 1.165) is 5.92 Å². The topological polar surface area (TPSA) is 0 Å². The van der Waals surface area contributed by atoms with Crippen LogP contribution in [0.5, 0.6) is 0 Å². The van der Waals surface area contributed by atoms with Crippen molar-refractivity contribution in [1.82, 2.24) is 0 Å². The molecule has 0 saturated carbocycles. The fourth-order valence-corrected chi connectivity index (χ4v) is 1.13. The summed E-state index contributed by atoms with van der Waals surface area (Å²) >= 11 is 0. The first-order valence-electron chi connectivity index (χ1n) is 4.08. The van der Waals surface area contributed by atoms with E-state index in [1.165, 1.54) is 18.4 Å². The highest BCUT2D eigenvalue weighted by molar-refractivity contribution is 5.31. The van der Waals surface area contributed by atoms with E-state index in [9.17, 15) is 0 Å². The van der Waals surface area contributed by atoms with Crippen molar-refractivity contribution in [3.8, 4) is 0 Å². The number of allylic oxidation sites excluding steroid dienone is 4. The fraction of sp³-hybridized carbons (Fsp3) is 0.600. The van der Waals surface area contributed by atoms with Gasteiger partial charge in [-0.25, -0.2) is 0 Å². The van der Waals surface area contributed by atoms with Crippen molar-refractivity contribution < 1.29 is 0 Å². The highest BCUT2D eigenvalue weighted by Gasteiger charge is 2.19. The minimum atomic E-state index is 0.857. The summed E-state index contributed by atoms with van der Waals surface area (Å²) in [6.07, 6.45) is 7.17. The molecule has 0 spiro atoms. The van der Waals surface area contributed by atoms with Crippen LogP contribution in [0.25, 0.3) is 0 Å². The third-order valence-electron chi connectivity index (χ3n) is 1.97. The van der Waals surface area contributed by atoms with Gasteiger partial charge in [-0.2, -0.15) is 0 Å². The van der Waals surface area contributed by atoms with E-state index in [2.05, 4.69) is 32.9 Å². The van der Waals surface area contributed by atoms with Gasteiger partial charge in [0.2, 0.25) is 0 Å². The Morgan fingerprint density at radius 2 is 2.30 bits per heavy atom. The summed E-state index contributed by atoms with van der Waals surface area (Å²) in [4.78, 5) is 0. The summed E-state index contributed by atoms with van der Waals surface area (Å²) in [5.74, 6) is 0.857. The van der Waals surface area contributed by atoms with E-state index in [1.54, 1.807) is 5.57 Å². The van der Waals surface area contributed by atoms with Gasteiger partial charge in [0.1, 0.15) is 0 Å². The number of hydrogen-bond donors (Lipinski definition) is 0. The van der Waals surface area contributed by atoms with Gasteiger partial charge in [-0.15, -0.1) is 0 Å². The van der Waals surface area contributed by atoms with Crippen molar-refractivity contribution in [2.75, 3.05) is 0 Å². The average molecular weight is 136 g/mol. The van der Waals surface area contributed by atoms with Gasteiger partial charge in [0, 0.05) is 0 Å². The second kappa shape index (κ2) is 3.05. The first kappa shape index (κ1) is 7.59. The van der Waals surface area contributed by atoms with Crippen molar-refractivity contribution in [3.63, 3.8) is 0 Å². The SMILES string of the molecule is CCC1C=C1CC=C(C)C. The molecule has 0 N–H and O–H groups in total. The predicted octanol–water partition coefficient (Wildman–Crippen LogP) is 3.31. The second-order valence-corrected chi connectivity index (χ2v) is 3.24. The molecule has 1 aliphatic rings. The van der Waals surface area contributed by atoms with Crippen molar-refractivity contribution in [1.29, 1.82) is 0 Å². The lowest BCUT2D eigenvalue weighted by Crippen LogP contribution is -1.76. The molecule has 10 heavy (non-hydrogen) atoms. The summed E-state index contributed by atoms with van der Waals surface area (Å²) < 4.78 is 0. The maximum atomic E-state index is 2.37. The fourth-order valence-electron chi connectivity index (χ4n) is 1.13. The summed E-state index contributed by atoms with van der Waals surface area (Å²) in [6, 6.07) is 0. The molecular weight excluding hydrogens is 120 g/mol. The van der Waals surface area contributed by atoms with Crippen LogP contribution in [0, 0.1) is 5.92 Å². The molecule has 0 aromatic heterocycles. The summed E-state index contributed by atoms with van der Waals surface area (Å²) in [6.45, 7) is 6.56. The lowest BCUT2D eigenvalue weighted by molar-refractivity contribution is 0.823. The average Bonchev–Trinajstić information content (AvgIpc) is 2.61. The highest BCUT2D eigenvalue weighted by Crippen LogP contribution is 2.34. The summed E-state index contributed by atoms with van der Waals surface area (Å²) in [7, 11) is 0. The summed E-state index contributed by atoms with van der Waals surface area (Å²) in [5, 5.41) is 0. The Labute approximate surface area is 63.6 Å². The van der Waals surface area contributed by atoms with E-state index in [-0.39, 0.29) is 0 Å². The first-order chi connectivity index (χ1) is 4.74. The molecule has 0 nitrogen and oxygen atoms in total. The molecule has 0 aromatic rings. The zero-order valence-corrected chi connectivity index (χ0v) is 7.15. The van der Waals surface area contributed by atoms with Crippen LogP contribution in [0.4, 0.5) is 0 Å². The van der Waals surface area contributed by atoms with Gasteiger partial charge in [0.15, 0.2) is 0 Å². The van der Waals surface area contributed by atoms with Crippen LogP contribution in [-0.2, 0) is 0 Å². The molecule has 0 radical (unpaired) electrons. The van der Waals surface area contributed by atoms with Gasteiger partial charge >= 0.3 is 0 Å². The van der Waals surface area contributed by atoms with Crippen molar-refractivity contribution >= 4 is 0 Å². The molecule has 0 aromatic carbocycles. The Kier molecular flexibility index (Phi) is 2.31. The minimum absolute atomic E-state index is 0.857. The van der Waals surface area contributed by atoms with Crippen LogP contribution in [0.15, 0.2) is 23.3 Å². The van der Waals surface area contributed by atoms with E-state index < -0.39 is 0 Å².